The van der Waals surface area contributed by atoms with Gasteiger partial charge >= 0.3 is 0 Å². The highest BCUT2D eigenvalue weighted by molar-refractivity contribution is 5.81. The van der Waals surface area contributed by atoms with Gasteiger partial charge in [-0.3, -0.25) is 4.79 Å². The molecular formula is C15H24N2O2. The maximum Gasteiger partial charge on any atom is 0.261 e. The number of amides is 1. The lowest BCUT2D eigenvalue weighted by Gasteiger charge is -2.24. The average Bonchev–Trinajstić information content (AvgIpc) is 2.23. The first-order chi connectivity index (χ1) is 8.60. The van der Waals surface area contributed by atoms with Crippen molar-refractivity contribution in [1.29, 1.82) is 0 Å². The number of rotatable bonds is 3. The molecule has 0 bridgehead atoms. The standard InChI is InChI=1S/C15H24N2O2/c1-9-8-13(10(2)7-12(9)16)19-11(3)14(18)17-15(4,5)6/h7-8,11H,16H2,1-6H3,(H,17,18). The van der Waals surface area contributed by atoms with Crippen LogP contribution in [-0.2, 0) is 4.79 Å². The van der Waals surface area contributed by atoms with Crippen molar-refractivity contribution in [3.8, 4) is 5.75 Å². The third-order valence-electron chi connectivity index (χ3n) is 2.73. The summed E-state index contributed by atoms with van der Waals surface area (Å²) in [5.74, 6) is 0.574. The minimum Gasteiger partial charge on any atom is -0.481 e. The van der Waals surface area contributed by atoms with Gasteiger partial charge in [0.25, 0.3) is 5.91 Å². The molecule has 0 spiro atoms. The molecule has 0 saturated carbocycles. The van der Waals surface area contributed by atoms with Gasteiger partial charge in [-0.05, 0) is 64.8 Å². The van der Waals surface area contributed by atoms with Gasteiger partial charge in [-0.15, -0.1) is 0 Å². The summed E-state index contributed by atoms with van der Waals surface area (Å²) < 4.78 is 5.72. The molecule has 1 aromatic carbocycles. The quantitative estimate of drug-likeness (QED) is 0.825. The zero-order valence-corrected chi connectivity index (χ0v) is 12.6. The van der Waals surface area contributed by atoms with Crippen LogP contribution in [0.4, 0.5) is 5.69 Å². The van der Waals surface area contributed by atoms with E-state index < -0.39 is 6.10 Å². The van der Waals surface area contributed by atoms with E-state index in [1.807, 2.05) is 46.8 Å². The van der Waals surface area contributed by atoms with Crippen molar-refractivity contribution < 1.29 is 9.53 Å². The molecule has 0 radical (unpaired) electrons. The smallest absolute Gasteiger partial charge is 0.261 e. The fourth-order valence-corrected chi connectivity index (χ4v) is 1.65. The molecule has 1 aromatic rings. The normalized spacial score (nSPS) is 12.9. The molecular weight excluding hydrogens is 240 g/mol. The molecule has 1 amide bonds. The third kappa shape index (κ3) is 4.47. The van der Waals surface area contributed by atoms with Gasteiger partial charge in [0.05, 0.1) is 0 Å². The second kappa shape index (κ2) is 5.51. The van der Waals surface area contributed by atoms with Crippen LogP contribution in [0.15, 0.2) is 12.1 Å². The van der Waals surface area contributed by atoms with Crippen LogP contribution < -0.4 is 15.8 Å². The SMILES string of the molecule is Cc1cc(OC(C)C(=O)NC(C)(C)C)c(C)cc1N. The van der Waals surface area contributed by atoms with E-state index in [-0.39, 0.29) is 11.4 Å². The van der Waals surface area contributed by atoms with Gasteiger partial charge in [0.2, 0.25) is 0 Å². The Morgan fingerprint density at radius 3 is 2.37 bits per heavy atom. The van der Waals surface area contributed by atoms with Gasteiger partial charge in [-0.1, -0.05) is 0 Å². The Balaban J connectivity index is 2.80. The summed E-state index contributed by atoms with van der Waals surface area (Å²) in [4.78, 5) is 12.0. The van der Waals surface area contributed by atoms with Crippen molar-refractivity contribution in [3.63, 3.8) is 0 Å². The lowest BCUT2D eigenvalue weighted by atomic mass is 10.1. The number of aryl methyl sites for hydroxylation is 2. The molecule has 0 fully saturated rings. The Morgan fingerprint density at radius 1 is 1.26 bits per heavy atom. The van der Waals surface area contributed by atoms with Gasteiger partial charge in [0.15, 0.2) is 6.10 Å². The van der Waals surface area contributed by atoms with Gasteiger partial charge in [0.1, 0.15) is 5.75 Å². The molecule has 4 nitrogen and oxygen atoms in total. The summed E-state index contributed by atoms with van der Waals surface area (Å²) >= 11 is 0. The molecule has 0 saturated heterocycles. The molecule has 0 aliphatic heterocycles. The predicted molar refractivity (Wildman–Crippen MR) is 78.3 cm³/mol. The predicted octanol–water partition coefficient (Wildman–Crippen LogP) is 2.57. The molecule has 19 heavy (non-hydrogen) atoms. The van der Waals surface area contributed by atoms with Crippen LogP contribution in [0.2, 0.25) is 0 Å². The number of nitrogen functional groups attached to an aromatic ring is 1. The Morgan fingerprint density at radius 2 is 1.84 bits per heavy atom. The second-order valence-electron chi connectivity index (χ2n) is 5.97. The van der Waals surface area contributed by atoms with Crippen molar-refractivity contribution in [1.82, 2.24) is 5.32 Å². The minimum atomic E-state index is -0.541. The van der Waals surface area contributed by atoms with Crippen LogP contribution >= 0.6 is 0 Å². The molecule has 106 valence electrons. The second-order valence-corrected chi connectivity index (χ2v) is 5.97. The number of anilines is 1. The Labute approximate surface area is 115 Å². The van der Waals surface area contributed by atoms with E-state index in [0.717, 1.165) is 16.8 Å². The molecule has 3 N–H and O–H groups in total. The van der Waals surface area contributed by atoms with Crippen molar-refractivity contribution in [3.05, 3.63) is 23.3 Å². The highest BCUT2D eigenvalue weighted by Gasteiger charge is 2.21. The fraction of sp³-hybridized carbons (Fsp3) is 0.533. The van der Waals surface area contributed by atoms with E-state index >= 15 is 0 Å². The zero-order valence-electron chi connectivity index (χ0n) is 12.6. The maximum atomic E-state index is 12.0. The summed E-state index contributed by atoms with van der Waals surface area (Å²) in [5, 5.41) is 2.90. The first-order valence-corrected chi connectivity index (χ1v) is 6.45. The molecule has 1 atom stereocenters. The van der Waals surface area contributed by atoms with Gasteiger partial charge < -0.3 is 15.8 Å². The number of carbonyl (C=O) groups is 1. The maximum absolute atomic E-state index is 12.0. The van der Waals surface area contributed by atoms with Crippen LogP contribution in [0.1, 0.15) is 38.8 Å². The number of nitrogens with two attached hydrogens (primary N) is 1. The summed E-state index contributed by atoms with van der Waals surface area (Å²) in [6, 6.07) is 3.73. The summed E-state index contributed by atoms with van der Waals surface area (Å²) in [7, 11) is 0. The van der Waals surface area contributed by atoms with E-state index in [0.29, 0.717) is 5.75 Å². The Bertz CT molecular complexity index is 476. The van der Waals surface area contributed by atoms with Crippen molar-refractivity contribution in [2.75, 3.05) is 5.73 Å². The fourth-order valence-electron chi connectivity index (χ4n) is 1.65. The van der Waals surface area contributed by atoms with E-state index in [2.05, 4.69) is 5.32 Å². The monoisotopic (exact) mass is 264 g/mol. The summed E-state index contributed by atoms with van der Waals surface area (Å²) in [6.07, 6.45) is -0.541. The minimum absolute atomic E-state index is 0.124. The first kappa shape index (κ1) is 15.3. The lowest BCUT2D eigenvalue weighted by Crippen LogP contribution is -2.46. The summed E-state index contributed by atoms with van der Waals surface area (Å²) in [5.41, 5.74) is 8.18. The van der Waals surface area contributed by atoms with Gasteiger partial charge in [0, 0.05) is 11.2 Å². The lowest BCUT2D eigenvalue weighted by molar-refractivity contribution is -0.128. The van der Waals surface area contributed by atoms with Crippen LogP contribution in [0.5, 0.6) is 5.75 Å². The largest absolute Gasteiger partial charge is 0.481 e. The van der Waals surface area contributed by atoms with Crippen LogP contribution in [0.3, 0.4) is 0 Å². The number of hydrogen-bond acceptors (Lipinski definition) is 3. The van der Waals surface area contributed by atoms with Crippen molar-refractivity contribution in [2.24, 2.45) is 0 Å². The van der Waals surface area contributed by atoms with Gasteiger partial charge in [-0.2, -0.15) is 0 Å². The van der Waals surface area contributed by atoms with Crippen LogP contribution in [0, 0.1) is 13.8 Å². The molecule has 1 rings (SSSR count). The molecule has 0 heterocycles. The highest BCUT2D eigenvalue weighted by atomic mass is 16.5. The number of ether oxygens (including phenoxy) is 1. The van der Waals surface area contributed by atoms with Crippen LogP contribution in [0.25, 0.3) is 0 Å². The number of nitrogens with one attached hydrogen (secondary N) is 1. The highest BCUT2D eigenvalue weighted by Crippen LogP contribution is 2.25. The zero-order chi connectivity index (χ0) is 14.8. The average molecular weight is 264 g/mol. The number of hydrogen-bond donors (Lipinski definition) is 2. The molecule has 0 aliphatic rings. The molecule has 1 unspecified atom stereocenters. The summed E-state index contributed by atoms with van der Waals surface area (Å²) in [6.45, 7) is 11.4. The first-order valence-electron chi connectivity index (χ1n) is 6.45. The van der Waals surface area contributed by atoms with Crippen molar-refractivity contribution >= 4 is 11.6 Å². The Hall–Kier alpha value is -1.71. The Kier molecular flexibility index (Phi) is 4.45. The molecule has 0 aliphatic carbocycles. The van der Waals surface area contributed by atoms with E-state index in [9.17, 15) is 4.79 Å². The topological polar surface area (TPSA) is 64.3 Å². The number of carbonyl (C=O) groups excluding carboxylic acids is 1. The number of benzene rings is 1. The van der Waals surface area contributed by atoms with E-state index in [4.69, 9.17) is 10.5 Å². The van der Waals surface area contributed by atoms with Crippen molar-refractivity contribution in [2.45, 2.75) is 53.2 Å². The molecule has 0 aromatic heterocycles. The van der Waals surface area contributed by atoms with Crippen LogP contribution in [-0.4, -0.2) is 17.6 Å². The van der Waals surface area contributed by atoms with Gasteiger partial charge in [-0.25, -0.2) is 0 Å². The van der Waals surface area contributed by atoms with E-state index in [1.54, 1.807) is 6.92 Å². The third-order valence-corrected chi connectivity index (χ3v) is 2.73. The van der Waals surface area contributed by atoms with E-state index in [1.165, 1.54) is 0 Å². The molecule has 4 heteroatoms.